The van der Waals surface area contributed by atoms with Gasteiger partial charge in [0.1, 0.15) is 0 Å². The van der Waals surface area contributed by atoms with Gasteiger partial charge in [-0.25, -0.2) is 41.5 Å². The van der Waals surface area contributed by atoms with Crippen LogP contribution in [0.2, 0.25) is 5.02 Å². The van der Waals surface area contributed by atoms with E-state index in [1.807, 2.05) is 0 Å². The van der Waals surface area contributed by atoms with Crippen LogP contribution in [0.5, 0.6) is 0 Å². The molecule has 0 radical (unpaired) electrons. The lowest BCUT2D eigenvalue weighted by Gasteiger charge is -2.09. The summed E-state index contributed by atoms with van der Waals surface area (Å²) in [6.45, 7) is 3.12. The predicted molar refractivity (Wildman–Crippen MR) is 117 cm³/mol. The molecular formula is C18H17ClN6O5S2. The monoisotopic (exact) mass is 496 g/mol. The van der Waals surface area contributed by atoms with Gasteiger partial charge < -0.3 is 5.32 Å². The Labute approximate surface area is 189 Å². The molecule has 0 atom stereocenters. The van der Waals surface area contributed by atoms with Crippen LogP contribution in [0.1, 0.15) is 23.1 Å². The summed E-state index contributed by atoms with van der Waals surface area (Å²) in [6, 6.07) is 6.86. The van der Waals surface area contributed by atoms with Crippen LogP contribution < -0.4 is 10.0 Å². The first kappa shape index (κ1) is 23.5. The molecule has 2 aromatic heterocycles. The number of nitrogens with zero attached hydrogens (tertiary/aromatic N) is 4. The van der Waals surface area contributed by atoms with Crippen molar-refractivity contribution in [3.8, 4) is 0 Å². The zero-order chi connectivity index (χ0) is 23.5. The molecule has 1 amide bonds. The molecule has 11 nitrogen and oxygen atoms in total. The van der Waals surface area contributed by atoms with Crippen molar-refractivity contribution < 1.29 is 21.6 Å². The van der Waals surface area contributed by atoms with E-state index in [1.54, 1.807) is 13.0 Å². The number of rotatable bonds is 7. The van der Waals surface area contributed by atoms with Crippen molar-refractivity contribution >= 4 is 49.0 Å². The number of aromatic nitrogens is 4. The molecule has 3 rings (SSSR count). The first-order valence-corrected chi connectivity index (χ1v) is 12.5. The molecular weight excluding hydrogens is 480 g/mol. The first-order valence-electron chi connectivity index (χ1n) is 9.01. The number of sulfone groups is 1. The molecule has 0 saturated heterocycles. The summed E-state index contributed by atoms with van der Waals surface area (Å²) >= 11 is 5.94. The van der Waals surface area contributed by atoms with E-state index in [0.717, 1.165) is 6.20 Å². The Morgan fingerprint density at radius 1 is 1.03 bits per heavy atom. The lowest BCUT2D eigenvalue weighted by Crippen LogP contribution is -2.18. The normalized spacial score (nSPS) is 11.7. The van der Waals surface area contributed by atoms with Crippen molar-refractivity contribution in [2.24, 2.45) is 0 Å². The third-order valence-corrected chi connectivity index (χ3v) is 7.17. The third kappa shape index (κ3) is 5.36. The van der Waals surface area contributed by atoms with E-state index in [9.17, 15) is 21.6 Å². The minimum Gasteiger partial charge on any atom is -0.321 e. The quantitative estimate of drug-likeness (QED) is 0.466. The van der Waals surface area contributed by atoms with E-state index in [1.165, 1.54) is 37.4 Å². The number of amides is 1. The number of carbonyl (C=O) groups is 1. The topological polar surface area (TPSA) is 161 Å². The standard InChI is InChI=1S/C18H17ClN6O5S2/c1-3-31(27,28)18-21-10-14(19)15(24-18)16(26)23-12-4-6-13(7-5-12)32(29,30)25-17-20-9-8-11(2)22-17/h4-10H,3H2,1-2H3,(H,23,26)(H,20,22,25). The molecule has 1 aromatic carbocycles. The minimum atomic E-state index is -3.96. The van der Waals surface area contributed by atoms with E-state index >= 15 is 0 Å². The van der Waals surface area contributed by atoms with Gasteiger partial charge in [-0.1, -0.05) is 18.5 Å². The van der Waals surface area contributed by atoms with Crippen LogP contribution in [0.3, 0.4) is 0 Å². The number of aryl methyl sites for hydroxylation is 1. The van der Waals surface area contributed by atoms with Crippen LogP contribution in [0.15, 0.2) is 52.8 Å². The van der Waals surface area contributed by atoms with Gasteiger partial charge in [0.15, 0.2) is 5.69 Å². The Balaban J connectivity index is 1.79. The van der Waals surface area contributed by atoms with Crippen molar-refractivity contribution in [1.29, 1.82) is 0 Å². The van der Waals surface area contributed by atoms with Gasteiger partial charge in [-0.3, -0.25) is 4.79 Å². The van der Waals surface area contributed by atoms with Gasteiger partial charge in [0.05, 0.1) is 21.9 Å². The molecule has 0 bridgehead atoms. The maximum absolute atomic E-state index is 12.5. The summed E-state index contributed by atoms with van der Waals surface area (Å²) in [5.74, 6) is -1.10. The van der Waals surface area contributed by atoms with Crippen molar-refractivity contribution in [3.63, 3.8) is 0 Å². The van der Waals surface area contributed by atoms with Gasteiger partial charge in [0.25, 0.3) is 15.9 Å². The third-order valence-electron chi connectivity index (χ3n) is 4.04. The highest BCUT2D eigenvalue weighted by Gasteiger charge is 2.21. The molecule has 0 aliphatic rings. The molecule has 0 aliphatic carbocycles. The predicted octanol–water partition coefficient (Wildman–Crippen LogP) is 2.08. The fourth-order valence-electron chi connectivity index (χ4n) is 2.37. The number of benzene rings is 1. The summed E-state index contributed by atoms with van der Waals surface area (Å²) in [7, 11) is -7.69. The number of carbonyl (C=O) groups excluding carboxylic acids is 1. The number of sulfonamides is 1. The molecule has 0 spiro atoms. The maximum atomic E-state index is 12.5. The van der Waals surface area contributed by atoms with Gasteiger partial charge in [-0.15, -0.1) is 0 Å². The second-order valence-electron chi connectivity index (χ2n) is 6.36. The maximum Gasteiger partial charge on any atom is 0.275 e. The summed E-state index contributed by atoms with van der Waals surface area (Å²) in [4.78, 5) is 27.7. The van der Waals surface area contributed by atoms with Crippen LogP contribution >= 0.6 is 11.6 Å². The number of nitrogens with one attached hydrogen (secondary N) is 2. The highest BCUT2D eigenvalue weighted by atomic mass is 35.5. The molecule has 168 valence electrons. The van der Waals surface area contributed by atoms with Crippen LogP contribution in [0, 0.1) is 6.92 Å². The van der Waals surface area contributed by atoms with E-state index < -0.39 is 30.9 Å². The Bertz CT molecular complexity index is 1380. The van der Waals surface area contributed by atoms with Gasteiger partial charge in [-0.05, 0) is 37.3 Å². The van der Waals surface area contributed by atoms with Crippen molar-refractivity contribution in [3.05, 3.63) is 59.1 Å². The fourth-order valence-corrected chi connectivity index (χ4v) is 4.20. The van der Waals surface area contributed by atoms with Gasteiger partial charge in [0, 0.05) is 17.6 Å². The van der Waals surface area contributed by atoms with Crippen molar-refractivity contribution in [1.82, 2.24) is 19.9 Å². The lowest BCUT2D eigenvalue weighted by molar-refractivity contribution is 0.102. The van der Waals surface area contributed by atoms with Crippen LogP contribution in [0.25, 0.3) is 0 Å². The number of hydrogen-bond donors (Lipinski definition) is 2. The smallest absolute Gasteiger partial charge is 0.275 e. The Hall–Kier alpha value is -3.16. The van der Waals surface area contributed by atoms with Crippen LogP contribution in [0.4, 0.5) is 11.6 Å². The Kier molecular flexibility index (Phi) is 6.71. The van der Waals surface area contributed by atoms with Crippen molar-refractivity contribution in [2.75, 3.05) is 15.8 Å². The van der Waals surface area contributed by atoms with E-state index in [4.69, 9.17) is 11.6 Å². The molecule has 0 unspecified atom stereocenters. The molecule has 0 saturated carbocycles. The van der Waals surface area contributed by atoms with Gasteiger partial charge in [0.2, 0.25) is 20.9 Å². The zero-order valence-electron chi connectivity index (χ0n) is 16.8. The summed E-state index contributed by atoms with van der Waals surface area (Å²) in [5, 5.41) is 1.83. The lowest BCUT2D eigenvalue weighted by atomic mass is 10.3. The summed E-state index contributed by atoms with van der Waals surface area (Å²) in [5.41, 5.74) is 0.494. The largest absolute Gasteiger partial charge is 0.321 e. The summed E-state index contributed by atoms with van der Waals surface area (Å²) < 4.78 is 51.2. The Morgan fingerprint density at radius 2 is 1.72 bits per heavy atom. The SMILES string of the molecule is CCS(=O)(=O)c1ncc(Cl)c(C(=O)Nc2ccc(S(=O)(=O)Nc3nccc(C)n3)cc2)n1. The molecule has 0 fully saturated rings. The average Bonchev–Trinajstić information content (AvgIpc) is 2.74. The van der Waals surface area contributed by atoms with Gasteiger partial charge >= 0.3 is 0 Å². The highest BCUT2D eigenvalue weighted by molar-refractivity contribution is 7.92. The van der Waals surface area contributed by atoms with Crippen LogP contribution in [-0.2, 0) is 19.9 Å². The molecule has 0 aliphatic heterocycles. The second-order valence-corrected chi connectivity index (χ2v) is 10.6. The Morgan fingerprint density at radius 3 is 2.34 bits per heavy atom. The molecule has 14 heteroatoms. The number of anilines is 2. The first-order chi connectivity index (χ1) is 15.0. The van der Waals surface area contributed by atoms with E-state index in [0.29, 0.717) is 5.69 Å². The number of halogens is 1. The zero-order valence-corrected chi connectivity index (χ0v) is 19.2. The van der Waals surface area contributed by atoms with E-state index in [2.05, 4.69) is 30.0 Å². The highest BCUT2D eigenvalue weighted by Crippen LogP contribution is 2.20. The molecule has 2 heterocycles. The average molecular weight is 497 g/mol. The van der Waals surface area contributed by atoms with Crippen molar-refractivity contribution in [2.45, 2.75) is 23.9 Å². The fraction of sp³-hybridized carbons (Fsp3) is 0.167. The van der Waals surface area contributed by atoms with E-state index in [-0.39, 0.29) is 33.0 Å². The molecule has 32 heavy (non-hydrogen) atoms. The van der Waals surface area contributed by atoms with Crippen LogP contribution in [-0.4, -0.2) is 48.4 Å². The molecule has 2 N–H and O–H groups in total. The number of hydrogen-bond acceptors (Lipinski definition) is 9. The summed E-state index contributed by atoms with van der Waals surface area (Å²) in [6.07, 6.45) is 2.45. The second kappa shape index (κ2) is 9.14. The molecule has 3 aromatic rings. The minimum absolute atomic E-state index is 0.0707. The van der Waals surface area contributed by atoms with Gasteiger partial charge in [-0.2, -0.15) is 0 Å².